The lowest BCUT2D eigenvalue weighted by molar-refractivity contribution is 0.183. The molecule has 6 heteroatoms. The predicted molar refractivity (Wildman–Crippen MR) is 83.1 cm³/mol. The van der Waals surface area contributed by atoms with Gasteiger partial charge in [0.15, 0.2) is 6.23 Å². The zero-order valence-corrected chi connectivity index (χ0v) is 12.9. The Balaban J connectivity index is 2.62. The molecule has 0 spiro atoms. The Kier molecular flexibility index (Phi) is 3.71. The highest BCUT2D eigenvalue weighted by atomic mass is 32.1. The quantitative estimate of drug-likeness (QED) is 0.810. The molecule has 2 rings (SSSR count). The van der Waals surface area contributed by atoms with Crippen LogP contribution in [0.5, 0.6) is 0 Å². The SMILES string of the molecule is Cc1cc(C(N)=S)c(C)c(C)c1N1C(=O)N(C)CC1O. The molecule has 1 aromatic rings. The molecule has 0 radical (unpaired) electrons. The molecule has 1 unspecified atom stereocenters. The third kappa shape index (κ3) is 2.14. The van der Waals surface area contributed by atoms with E-state index in [1.54, 1.807) is 7.05 Å². The van der Waals surface area contributed by atoms with Gasteiger partial charge in [-0.2, -0.15) is 0 Å². The van der Waals surface area contributed by atoms with Gasteiger partial charge >= 0.3 is 6.03 Å². The fourth-order valence-corrected chi connectivity index (χ4v) is 2.87. The van der Waals surface area contributed by atoms with E-state index in [-0.39, 0.29) is 6.03 Å². The molecule has 20 heavy (non-hydrogen) atoms. The Labute approximate surface area is 124 Å². The van der Waals surface area contributed by atoms with E-state index in [0.29, 0.717) is 11.5 Å². The summed E-state index contributed by atoms with van der Waals surface area (Å²) in [5, 5.41) is 10.1. The Morgan fingerprint density at radius 1 is 1.40 bits per heavy atom. The molecule has 0 aliphatic carbocycles. The number of aliphatic hydroxyl groups excluding tert-OH is 1. The van der Waals surface area contributed by atoms with Gasteiger partial charge in [-0.25, -0.2) is 4.79 Å². The minimum atomic E-state index is -0.833. The van der Waals surface area contributed by atoms with E-state index >= 15 is 0 Å². The maximum atomic E-state index is 12.2. The molecule has 1 aliphatic heterocycles. The van der Waals surface area contributed by atoms with E-state index in [0.717, 1.165) is 27.9 Å². The first kappa shape index (κ1) is 14.7. The van der Waals surface area contributed by atoms with Crippen molar-refractivity contribution in [2.45, 2.75) is 27.0 Å². The zero-order chi connectivity index (χ0) is 15.2. The van der Waals surface area contributed by atoms with Crippen molar-refractivity contribution in [3.05, 3.63) is 28.3 Å². The molecular formula is C14H19N3O2S. The number of carbonyl (C=O) groups is 1. The van der Waals surface area contributed by atoms with Gasteiger partial charge in [0.2, 0.25) is 0 Å². The number of carbonyl (C=O) groups excluding carboxylic acids is 1. The van der Waals surface area contributed by atoms with Crippen molar-refractivity contribution in [3.8, 4) is 0 Å². The number of urea groups is 1. The Morgan fingerprint density at radius 2 is 2.00 bits per heavy atom. The minimum Gasteiger partial charge on any atom is -0.389 e. The lowest BCUT2D eigenvalue weighted by Gasteiger charge is -2.25. The van der Waals surface area contributed by atoms with Crippen LogP contribution in [0.4, 0.5) is 10.5 Å². The lowest BCUT2D eigenvalue weighted by Crippen LogP contribution is -2.35. The van der Waals surface area contributed by atoms with E-state index in [4.69, 9.17) is 18.0 Å². The Morgan fingerprint density at radius 3 is 2.45 bits per heavy atom. The molecule has 1 aromatic carbocycles. The number of hydrogen-bond donors (Lipinski definition) is 2. The largest absolute Gasteiger partial charge is 0.389 e. The van der Waals surface area contributed by atoms with E-state index in [1.807, 2.05) is 26.8 Å². The number of nitrogens with two attached hydrogens (primary N) is 1. The van der Waals surface area contributed by atoms with Crippen LogP contribution in [-0.4, -0.2) is 40.8 Å². The molecule has 0 saturated carbocycles. The first-order chi connectivity index (χ1) is 9.25. The summed E-state index contributed by atoms with van der Waals surface area (Å²) in [6.07, 6.45) is -0.833. The van der Waals surface area contributed by atoms with Crippen LogP contribution in [0.3, 0.4) is 0 Å². The Hall–Kier alpha value is -1.66. The molecule has 1 aliphatic rings. The number of hydrogen-bond acceptors (Lipinski definition) is 3. The van der Waals surface area contributed by atoms with Gasteiger partial charge in [0.05, 0.1) is 12.2 Å². The summed E-state index contributed by atoms with van der Waals surface area (Å²) in [6, 6.07) is 1.67. The molecule has 0 aromatic heterocycles. The number of likely N-dealkylation sites (N-methyl/N-ethyl adjacent to an activating group) is 1. The van der Waals surface area contributed by atoms with Crippen molar-refractivity contribution in [2.24, 2.45) is 5.73 Å². The maximum absolute atomic E-state index is 12.2. The van der Waals surface area contributed by atoms with Crippen molar-refractivity contribution in [1.29, 1.82) is 0 Å². The second kappa shape index (κ2) is 5.03. The summed E-state index contributed by atoms with van der Waals surface area (Å²) in [7, 11) is 1.67. The van der Waals surface area contributed by atoms with Gasteiger partial charge in [0, 0.05) is 12.6 Å². The minimum absolute atomic E-state index is 0.203. The summed E-state index contributed by atoms with van der Waals surface area (Å²) in [4.78, 5) is 15.5. The standard InChI is InChI=1S/C14H19N3O2S/c1-7-5-10(13(15)20)8(2)9(3)12(7)17-11(18)6-16(4)14(17)19/h5,11,18H,6H2,1-4H3,(H2,15,20). The summed E-state index contributed by atoms with van der Waals surface area (Å²) >= 11 is 5.05. The first-order valence-electron chi connectivity index (χ1n) is 6.38. The van der Waals surface area contributed by atoms with E-state index in [2.05, 4.69) is 0 Å². The van der Waals surface area contributed by atoms with E-state index in [1.165, 1.54) is 9.80 Å². The number of rotatable bonds is 2. The summed E-state index contributed by atoms with van der Waals surface area (Å²) < 4.78 is 0. The number of thiocarbonyl (C=S) groups is 1. The molecule has 108 valence electrons. The van der Waals surface area contributed by atoms with Crippen LogP contribution >= 0.6 is 12.2 Å². The monoisotopic (exact) mass is 293 g/mol. The van der Waals surface area contributed by atoms with Gasteiger partial charge in [0.25, 0.3) is 0 Å². The van der Waals surface area contributed by atoms with E-state index in [9.17, 15) is 9.90 Å². The number of benzene rings is 1. The number of aryl methyl sites for hydroxylation is 1. The van der Waals surface area contributed by atoms with Gasteiger partial charge in [-0.1, -0.05) is 12.2 Å². The topological polar surface area (TPSA) is 69.8 Å². The van der Waals surface area contributed by atoms with Gasteiger partial charge in [-0.15, -0.1) is 0 Å². The number of nitrogens with zero attached hydrogens (tertiary/aromatic N) is 2. The third-order valence-electron chi connectivity index (χ3n) is 3.83. The van der Waals surface area contributed by atoms with Crippen LogP contribution in [0.15, 0.2) is 6.07 Å². The highest BCUT2D eigenvalue weighted by Crippen LogP contribution is 2.33. The third-order valence-corrected chi connectivity index (χ3v) is 4.05. The summed E-state index contributed by atoms with van der Waals surface area (Å²) in [5.74, 6) is 0. The average molecular weight is 293 g/mol. The number of anilines is 1. The van der Waals surface area contributed by atoms with Crippen LogP contribution in [0.1, 0.15) is 22.3 Å². The van der Waals surface area contributed by atoms with Crippen molar-refractivity contribution < 1.29 is 9.90 Å². The highest BCUT2D eigenvalue weighted by molar-refractivity contribution is 7.80. The predicted octanol–water partition coefficient (Wildman–Crippen LogP) is 1.44. The molecule has 0 bridgehead atoms. The fraction of sp³-hybridized carbons (Fsp3) is 0.429. The van der Waals surface area contributed by atoms with Gasteiger partial charge in [-0.3, -0.25) is 4.90 Å². The van der Waals surface area contributed by atoms with Gasteiger partial charge in [0.1, 0.15) is 4.99 Å². The Bertz CT molecular complexity index is 601. The van der Waals surface area contributed by atoms with Gasteiger partial charge < -0.3 is 15.7 Å². The van der Waals surface area contributed by atoms with Crippen molar-refractivity contribution in [2.75, 3.05) is 18.5 Å². The maximum Gasteiger partial charge on any atom is 0.326 e. The first-order valence-corrected chi connectivity index (χ1v) is 6.79. The van der Waals surface area contributed by atoms with Crippen LogP contribution in [0.25, 0.3) is 0 Å². The lowest BCUT2D eigenvalue weighted by atomic mass is 9.96. The molecule has 1 fully saturated rings. The van der Waals surface area contributed by atoms with E-state index < -0.39 is 6.23 Å². The van der Waals surface area contributed by atoms with Crippen molar-refractivity contribution in [1.82, 2.24) is 4.90 Å². The smallest absolute Gasteiger partial charge is 0.326 e. The highest BCUT2D eigenvalue weighted by Gasteiger charge is 2.36. The van der Waals surface area contributed by atoms with Crippen LogP contribution < -0.4 is 10.6 Å². The molecule has 1 atom stereocenters. The molecule has 1 saturated heterocycles. The number of amides is 2. The second-order valence-electron chi connectivity index (χ2n) is 5.22. The van der Waals surface area contributed by atoms with Crippen molar-refractivity contribution >= 4 is 28.9 Å². The summed E-state index contributed by atoms with van der Waals surface area (Å²) in [5.41, 5.74) is 10.0. The van der Waals surface area contributed by atoms with Crippen molar-refractivity contribution in [3.63, 3.8) is 0 Å². The number of β-amino-alcohol motifs (C(OH)–C–C–N with tert-alkyl or cyclic N) is 1. The number of aliphatic hydroxyl groups is 1. The fourth-order valence-electron chi connectivity index (χ4n) is 2.66. The second-order valence-corrected chi connectivity index (χ2v) is 5.66. The zero-order valence-electron chi connectivity index (χ0n) is 12.1. The molecule has 1 heterocycles. The summed E-state index contributed by atoms with van der Waals surface area (Å²) in [6.45, 7) is 6.02. The molecular weight excluding hydrogens is 274 g/mol. The molecule has 5 nitrogen and oxygen atoms in total. The average Bonchev–Trinajstić information content (AvgIpc) is 2.60. The van der Waals surface area contributed by atoms with Gasteiger partial charge in [-0.05, 0) is 43.5 Å². The molecule has 2 amide bonds. The van der Waals surface area contributed by atoms with Crippen LogP contribution in [-0.2, 0) is 0 Å². The van der Waals surface area contributed by atoms with Crippen LogP contribution in [0.2, 0.25) is 0 Å². The van der Waals surface area contributed by atoms with Crippen LogP contribution in [0, 0.1) is 20.8 Å². The molecule has 3 N–H and O–H groups in total. The normalized spacial score (nSPS) is 18.9.